The van der Waals surface area contributed by atoms with E-state index in [0.717, 1.165) is 36.6 Å². The number of benzene rings is 2. The molecule has 29 heavy (non-hydrogen) atoms. The minimum absolute atomic E-state index is 0.262. The smallest absolute Gasteiger partial charge is 0.303 e. The van der Waals surface area contributed by atoms with Crippen LogP contribution in [-0.2, 0) is 11.3 Å². The Bertz CT molecular complexity index is 958. The van der Waals surface area contributed by atoms with E-state index in [1.165, 1.54) is 40.1 Å². The van der Waals surface area contributed by atoms with E-state index in [1.807, 2.05) is 0 Å². The normalized spacial score (nSPS) is 21.4. The van der Waals surface area contributed by atoms with Crippen molar-refractivity contribution >= 4 is 17.4 Å². The SMILES string of the molecule is COc1ccc(F)cc1C[NH+]1CC[NH+](CN2C(=O)C(=O)c3ccc(F)cc32)CC1. The lowest BCUT2D eigenvalue weighted by atomic mass is 10.1. The molecule has 2 aliphatic rings. The van der Waals surface area contributed by atoms with Gasteiger partial charge in [-0.25, -0.2) is 8.78 Å². The van der Waals surface area contributed by atoms with Crippen molar-refractivity contribution in [2.24, 2.45) is 0 Å². The number of Topliss-reactive ketones (excluding diaryl/α,β-unsaturated/α-hetero) is 1. The van der Waals surface area contributed by atoms with Crippen molar-refractivity contribution < 1.29 is 32.9 Å². The van der Waals surface area contributed by atoms with Crippen LogP contribution in [0, 0.1) is 11.6 Å². The van der Waals surface area contributed by atoms with Gasteiger partial charge in [-0.3, -0.25) is 14.5 Å². The third kappa shape index (κ3) is 3.86. The average Bonchev–Trinajstić information content (AvgIpc) is 2.94. The van der Waals surface area contributed by atoms with E-state index in [0.29, 0.717) is 24.7 Å². The van der Waals surface area contributed by atoms with Crippen LogP contribution in [0.2, 0.25) is 0 Å². The quantitative estimate of drug-likeness (QED) is 0.659. The number of amides is 1. The van der Waals surface area contributed by atoms with Crippen LogP contribution in [0.4, 0.5) is 14.5 Å². The average molecular weight is 403 g/mol. The molecule has 4 rings (SSSR count). The van der Waals surface area contributed by atoms with Crippen molar-refractivity contribution in [2.45, 2.75) is 6.54 Å². The Morgan fingerprint density at radius 3 is 2.34 bits per heavy atom. The van der Waals surface area contributed by atoms with Crippen molar-refractivity contribution in [3.8, 4) is 5.75 Å². The van der Waals surface area contributed by atoms with Gasteiger partial charge in [-0.05, 0) is 36.4 Å². The zero-order chi connectivity index (χ0) is 20.5. The molecule has 152 valence electrons. The van der Waals surface area contributed by atoms with Crippen molar-refractivity contribution in [3.63, 3.8) is 0 Å². The van der Waals surface area contributed by atoms with Gasteiger partial charge in [-0.2, -0.15) is 0 Å². The summed E-state index contributed by atoms with van der Waals surface area (Å²) in [5, 5.41) is 0. The van der Waals surface area contributed by atoms with Crippen LogP contribution in [0.1, 0.15) is 15.9 Å². The predicted octanol–water partition coefficient (Wildman–Crippen LogP) is -0.556. The molecule has 8 heteroatoms. The van der Waals surface area contributed by atoms with Crippen LogP contribution in [-0.4, -0.2) is 51.6 Å². The number of ether oxygens (including phenoxy) is 1. The molecule has 2 aromatic rings. The monoisotopic (exact) mass is 403 g/mol. The summed E-state index contributed by atoms with van der Waals surface area (Å²) in [5.74, 6) is -1.26. The fraction of sp³-hybridized carbons (Fsp3) is 0.333. The topological polar surface area (TPSA) is 55.5 Å². The van der Waals surface area contributed by atoms with Gasteiger partial charge in [0.05, 0.1) is 23.9 Å². The van der Waals surface area contributed by atoms with E-state index in [-0.39, 0.29) is 11.4 Å². The summed E-state index contributed by atoms with van der Waals surface area (Å²) >= 11 is 0. The molecule has 0 aromatic heterocycles. The Kier molecular flexibility index (Phi) is 5.29. The first-order valence-electron chi connectivity index (χ1n) is 9.61. The van der Waals surface area contributed by atoms with E-state index in [1.54, 1.807) is 13.2 Å². The summed E-state index contributed by atoms with van der Waals surface area (Å²) in [4.78, 5) is 28.3. The molecule has 0 radical (unpaired) electrons. The van der Waals surface area contributed by atoms with E-state index in [9.17, 15) is 18.4 Å². The van der Waals surface area contributed by atoms with E-state index in [2.05, 4.69) is 0 Å². The first kappa shape index (κ1) is 19.5. The Morgan fingerprint density at radius 2 is 1.62 bits per heavy atom. The number of rotatable bonds is 5. The molecule has 2 heterocycles. The highest BCUT2D eigenvalue weighted by Gasteiger charge is 2.39. The molecular formula is C21H23F2N3O3+2. The number of carbonyl (C=O) groups excluding carboxylic acids is 2. The second kappa shape index (κ2) is 7.88. The lowest BCUT2D eigenvalue weighted by Crippen LogP contribution is -3.28. The number of piperazine rings is 1. The van der Waals surface area contributed by atoms with Gasteiger partial charge in [0.2, 0.25) is 0 Å². The standard InChI is InChI=1S/C21H21F2N3O3/c1-29-19-5-3-15(22)10-14(19)12-24-6-8-25(9-7-24)13-26-18-11-16(23)2-4-17(18)20(27)21(26)28/h2-5,10-11H,6-9,12-13H2,1H3/p+2. The number of quaternary nitrogens is 2. The molecule has 6 nitrogen and oxygen atoms in total. The van der Waals surface area contributed by atoms with Crippen molar-refractivity contribution in [2.75, 3.05) is 44.9 Å². The lowest BCUT2D eigenvalue weighted by Gasteiger charge is -2.32. The molecule has 0 unspecified atom stereocenters. The minimum Gasteiger partial charge on any atom is -0.496 e. The molecular weight excluding hydrogens is 380 g/mol. The summed E-state index contributed by atoms with van der Waals surface area (Å²) in [5.41, 5.74) is 1.45. The first-order chi connectivity index (χ1) is 14.0. The summed E-state index contributed by atoms with van der Waals surface area (Å²) in [7, 11) is 1.57. The molecule has 1 amide bonds. The molecule has 0 atom stereocenters. The minimum atomic E-state index is -0.600. The number of hydrogen-bond acceptors (Lipinski definition) is 3. The second-order valence-electron chi connectivity index (χ2n) is 7.51. The van der Waals surface area contributed by atoms with Crippen LogP contribution in [0.3, 0.4) is 0 Å². The van der Waals surface area contributed by atoms with Crippen LogP contribution < -0.4 is 19.4 Å². The van der Waals surface area contributed by atoms with Gasteiger partial charge >= 0.3 is 5.91 Å². The number of hydrogen-bond donors (Lipinski definition) is 2. The van der Waals surface area contributed by atoms with Gasteiger partial charge in [0, 0.05) is 0 Å². The highest BCUT2D eigenvalue weighted by atomic mass is 19.1. The number of nitrogens with one attached hydrogen (secondary N) is 2. The molecule has 0 aliphatic carbocycles. The molecule has 1 saturated heterocycles. The summed E-state index contributed by atoms with van der Waals surface area (Å²) in [6, 6.07) is 8.34. The van der Waals surface area contributed by atoms with E-state index < -0.39 is 17.5 Å². The van der Waals surface area contributed by atoms with Crippen LogP contribution >= 0.6 is 0 Å². The second-order valence-corrected chi connectivity index (χ2v) is 7.51. The number of nitrogens with zero attached hydrogens (tertiary/aromatic N) is 1. The summed E-state index contributed by atoms with van der Waals surface area (Å²) in [6.07, 6.45) is 0. The molecule has 0 saturated carbocycles. The number of carbonyl (C=O) groups is 2. The predicted molar refractivity (Wildman–Crippen MR) is 101 cm³/mol. The van der Waals surface area contributed by atoms with E-state index in [4.69, 9.17) is 4.74 Å². The van der Waals surface area contributed by atoms with Crippen molar-refractivity contribution in [1.29, 1.82) is 0 Å². The molecule has 2 aromatic carbocycles. The highest BCUT2D eigenvalue weighted by molar-refractivity contribution is 6.52. The van der Waals surface area contributed by atoms with Gasteiger partial charge in [0.25, 0.3) is 5.78 Å². The van der Waals surface area contributed by atoms with Gasteiger partial charge in [-0.1, -0.05) is 0 Å². The summed E-state index contributed by atoms with van der Waals surface area (Å²) < 4.78 is 32.5. The molecule has 0 bridgehead atoms. The van der Waals surface area contributed by atoms with Gasteiger partial charge in [-0.15, -0.1) is 0 Å². The third-order valence-electron chi connectivity index (χ3n) is 5.66. The summed E-state index contributed by atoms with van der Waals surface area (Å²) in [6.45, 7) is 4.23. The Hall–Kier alpha value is -2.84. The maximum Gasteiger partial charge on any atom is 0.303 e. The van der Waals surface area contributed by atoms with Gasteiger partial charge in [0.15, 0.2) is 6.67 Å². The molecule has 1 fully saturated rings. The van der Waals surface area contributed by atoms with Crippen molar-refractivity contribution in [3.05, 3.63) is 59.2 Å². The van der Waals surface area contributed by atoms with Gasteiger partial charge in [0.1, 0.15) is 50.1 Å². The maximum absolute atomic E-state index is 13.6. The molecule has 2 N–H and O–H groups in total. The number of methoxy groups -OCH3 is 1. The first-order valence-corrected chi connectivity index (χ1v) is 9.61. The molecule has 2 aliphatic heterocycles. The largest absolute Gasteiger partial charge is 0.496 e. The maximum atomic E-state index is 13.6. The number of ketones is 1. The fourth-order valence-electron chi connectivity index (χ4n) is 4.09. The third-order valence-corrected chi connectivity index (χ3v) is 5.66. The zero-order valence-corrected chi connectivity index (χ0v) is 16.1. The van der Waals surface area contributed by atoms with Crippen molar-refractivity contribution in [1.82, 2.24) is 0 Å². The number of halogens is 2. The van der Waals surface area contributed by atoms with Crippen LogP contribution in [0.25, 0.3) is 0 Å². The number of fused-ring (bicyclic) bond motifs is 1. The zero-order valence-electron chi connectivity index (χ0n) is 16.1. The molecule has 0 spiro atoms. The Balaban J connectivity index is 1.39. The van der Waals surface area contributed by atoms with Crippen LogP contribution in [0.5, 0.6) is 5.75 Å². The number of anilines is 1. The van der Waals surface area contributed by atoms with Gasteiger partial charge < -0.3 is 14.5 Å². The highest BCUT2D eigenvalue weighted by Crippen LogP contribution is 2.28. The Labute approximate surface area is 167 Å². The lowest BCUT2D eigenvalue weighted by molar-refractivity contribution is -1.02. The van der Waals surface area contributed by atoms with Crippen LogP contribution in [0.15, 0.2) is 36.4 Å². The fourth-order valence-corrected chi connectivity index (χ4v) is 4.09. The Morgan fingerprint density at radius 1 is 0.966 bits per heavy atom. The van der Waals surface area contributed by atoms with E-state index >= 15 is 0 Å².